The predicted molar refractivity (Wildman–Crippen MR) is 106 cm³/mol. The number of hydrogen-bond acceptors (Lipinski definition) is 4. The number of rotatable bonds is 5. The van der Waals surface area contributed by atoms with Crippen LogP contribution in [-0.2, 0) is 9.84 Å². The Kier molecular flexibility index (Phi) is 6.15. The molecule has 0 aliphatic heterocycles. The number of hydrogen-bond donors (Lipinski definition) is 2. The summed E-state index contributed by atoms with van der Waals surface area (Å²) in [7, 11) is -3.53. The molecule has 0 bridgehead atoms. The summed E-state index contributed by atoms with van der Waals surface area (Å²) < 4.78 is 38.9. The summed E-state index contributed by atoms with van der Waals surface area (Å²) >= 11 is 0. The van der Waals surface area contributed by atoms with Crippen molar-refractivity contribution in [1.82, 2.24) is 0 Å². The van der Waals surface area contributed by atoms with Crippen molar-refractivity contribution in [3.63, 3.8) is 0 Å². The van der Waals surface area contributed by atoms with Crippen molar-refractivity contribution in [2.75, 3.05) is 11.1 Å². The molecule has 150 valence electrons. The summed E-state index contributed by atoms with van der Waals surface area (Å²) in [5, 5.41) is 12.2. The molecular weight excluding hydrogens is 381 g/mol. The molecule has 5 nitrogen and oxygen atoms in total. The van der Waals surface area contributed by atoms with Gasteiger partial charge in [0.25, 0.3) is 5.91 Å². The summed E-state index contributed by atoms with van der Waals surface area (Å²) in [5.41, 5.74) is 1.08. The van der Waals surface area contributed by atoms with Gasteiger partial charge in [-0.15, -0.1) is 0 Å². The van der Waals surface area contributed by atoms with Crippen LogP contribution >= 0.6 is 0 Å². The molecule has 1 fully saturated rings. The first kappa shape index (κ1) is 20.5. The minimum absolute atomic E-state index is 0.0158. The number of aryl methyl sites for hydroxylation is 1. The Morgan fingerprint density at radius 1 is 1.14 bits per heavy atom. The molecule has 0 spiro atoms. The Bertz CT molecular complexity index is 966. The molecule has 0 heterocycles. The van der Waals surface area contributed by atoms with Crippen LogP contribution in [0.2, 0.25) is 0 Å². The van der Waals surface area contributed by atoms with E-state index in [4.69, 9.17) is 0 Å². The van der Waals surface area contributed by atoms with Crippen LogP contribution in [0.25, 0.3) is 0 Å². The van der Waals surface area contributed by atoms with Gasteiger partial charge in [-0.2, -0.15) is 0 Å². The number of nitrogens with one attached hydrogen (secondary N) is 1. The Labute approximate surface area is 164 Å². The van der Waals surface area contributed by atoms with Gasteiger partial charge >= 0.3 is 0 Å². The summed E-state index contributed by atoms with van der Waals surface area (Å²) in [4.78, 5) is 12.6. The van der Waals surface area contributed by atoms with Crippen LogP contribution in [0.1, 0.15) is 41.6 Å². The second-order valence-corrected chi connectivity index (χ2v) is 9.44. The average Bonchev–Trinajstić information content (AvgIpc) is 2.66. The molecular formula is C21H24FNO4S. The Hall–Kier alpha value is -2.25. The molecule has 1 aliphatic rings. The van der Waals surface area contributed by atoms with Crippen LogP contribution in [-0.4, -0.2) is 31.3 Å². The lowest BCUT2D eigenvalue weighted by Crippen LogP contribution is -2.24. The van der Waals surface area contributed by atoms with Crippen molar-refractivity contribution >= 4 is 21.4 Å². The predicted octanol–water partition coefficient (Wildman–Crippen LogP) is 3.71. The zero-order valence-electron chi connectivity index (χ0n) is 15.7. The molecule has 0 saturated heterocycles. The fourth-order valence-corrected chi connectivity index (χ4v) is 5.21. The van der Waals surface area contributed by atoms with Gasteiger partial charge in [-0.1, -0.05) is 6.07 Å². The van der Waals surface area contributed by atoms with E-state index in [0.29, 0.717) is 36.9 Å². The quantitative estimate of drug-likeness (QED) is 0.794. The molecule has 3 rings (SSSR count). The second kappa shape index (κ2) is 8.41. The first-order chi connectivity index (χ1) is 13.2. The van der Waals surface area contributed by atoms with Gasteiger partial charge < -0.3 is 10.4 Å². The first-order valence-electron chi connectivity index (χ1n) is 9.33. The number of carbonyl (C=O) groups excluding carboxylic acids is 1. The van der Waals surface area contributed by atoms with E-state index in [0.717, 1.165) is 0 Å². The summed E-state index contributed by atoms with van der Waals surface area (Å²) in [5.74, 6) is -0.777. The third kappa shape index (κ3) is 4.97. The van der Waals surface area contributed by atoms with Gasteiger partial charge in [0.1, 0.15) is 5.82 Å². The maximum absolute atomic E-state index is 13.4. The fourth-order valence-electron chi connectivity index (χ4n) is 3.47. The van der Waals surface area contributed by atoms with Gasteiger partial charge in [-0.05, 0) is 80.5 Å². The second-order valence-electron chi connectivity index (χ2n) is 7.40. The van der Waals surface area contributed by atoms with E-state index in [2.05, 4.69) is 5.32 Å². The molecule has 7 heteroatoms. The Morgan fingerprint density at radius 2 is 1.86 bits per heavy atom. The van der Waals surface area contributed by atoms with E-state index in [1.54, 1.807) is 19.1 Å². The molecule has 2 aromatic carbocycles. The van der Waals surface area contributed by atoms with E-state index < -0.39 is 15.7 Å². The van der Waals surface area contributed by atoms with Gasteiger partial charge in [0.15, 0.2) is 9.84 Å². The topological polar surface area (TPSA) is 83.5 Å². The lowest BCUT2D eigenvalue weighted by Gasteiger charge is -2.25. The normalized spacial score (nSPS) is 20.0. The zero-order chi connectivity index (χ0) is 20.3. The molecule has 0 aromatic heterocycles. The summed E-state index contributed by atoms with van der Waals surface area (Å²) in [6, 6.07) is 10.2. The summed E-state index contributed by atoms with van der Waals surface area (Å²) in [6.07, 6.45) is 2.29. The lowest BCUT2D eigenvalue weighted by molar-refractivity contribution is 0.102. The van der Waals surface area contributed by atoms with Crippen LogP contribution in [0, 0.1) is 18.7 Å². The van der Waals surface area contributed by atoms with Crippen molar-refractivity contribution in [2.45, 2.75) is 43.6 Å². The minimum atomic E-state index is -3.53. The highest BCUT2D eigenvalue weighted by Gasteiger charge is 2.26. The number of aliphatic hydroxyl groups is 1. The number of amides is 1. The molecule has 28 heavy (non-hydrogen) atoms. The highest BCUT2D eigenvalue weighted by atomic mass is 32.2. The summed E-state index contributed by atoms with van der Waals surface area (Å²) in [6.45, 7) is 1.60. The molecule has 1 saturated carbocycles. The highest BCUT2D eigenvalue weighted by molar-refractivity contribution is 7.91. The Morgan fingerprint density at radius 3 is 2.54 bits per heavy atom. The molecule has 0 unspecified atom stereocenters. The van der Waals surface area contributed by atoms with E-state index in [-0.39, 0.29) is 34.1 Å². The van der Waals surface area contributed by atoms with Gasteiger partial charge in [-0.25, -0.2) is 12.8 Å². The number of aliphatic hydroxyl groups excluding tert-OH is 1. The van der Waals surface area contributed by atoms with E-state index in [1.807, 2.05) is 0 Å². The van der Waals surface area contributed by atoms with E-state index in [1.165, 1.54) is 30.3 Å². The van der Waals surface area contributed by atoms with E-state index in [9.17, 15) is 22.7 Å². The van der Waals surface area contributed by atoms with Crippen LogP contribution < -0.4 is 5.32 Å². The average molecular weight is 405 g/mol. The van der Waals surface area contributed by atoms with Gasteiger partial charge in [0.2, 0.25) is 0 Å². The van der Waals surface area contributed by atoms with Crippen LogP contribution in [0.15, 0.2) is 47.4 Å². The first-order valence-corrected chi connectivity index (χ1v) is 11.0. The van der Waals surface area contributed by atoms with Gasteiger partial charge in [0, 0.05) is 11.3 Å². The highest BCUT2D eigenvalue weighted by Crippen LogP contribution is 2.27. The SMILES string of the molecule is Cc1cc(NC(=O)c2cccc(S(=O)(=O)CC3CCC(O)CC3)c2)ccc1F. The van der Waals surface area contributed by atoms with Gasteiger partial charge in [-0.3, -0.25) is 4.79 Å². The van der Waals surface area contributed by atoms with Crippen molar-refractivity contribution in [2.24, 2.45) is 5.92 Å². The molecule has 0 atom stereocenters. The fraction of sp³-hybridized carbons (Fsp3) is 0.381. The molecule has 2 aromatic rings. The van der Waals surface area contributed by atoms with E-state index >= 15 is 0 Å². The molecule has 0 radical (unpaired) electrons. The number of benzene rings is 2. The van der Waals surface area contributed by atoms with Crippen molar-refractivity contribution in [3.8, 4) is 0 Å². The van der Waals surface area contributed by atoms with Crippen LogP contribution in [0.5, 0.6) is 0 Å². The zero-order valence-corrected chi connectivity index (χ0v) is 16.5. The van der Waals surface area contributed by atoms with Gasteiger partial charge in [0.05, 0.1) is 16.8 Å². The maximum Gasteiger partial charge on any atom is 0.255 e. The molecule has 2 N–H and O–H groups in total. The third-order valence-electron chi connectivity index (χ3n) is 5.14. The number of anilines is 1. The molecule has 1 amide bonds. The van der Waals surface area contributed by atoms with Crippen LogP contribution in [0.4, 0.5) is 10.1 Å². The Balaban J connectivity index is 1.73. The van der Waals surface area contributed by atoms with Crippen molar-refractivity contribution in [1.29, 1.82) is 0 Å². The third-order valence-corrected chi connectivity index (χ3v) is 7.02. The standard InChI is InChI=1S/C21H24FNO4S/c1-14-11-17(7-10-20(14)22)23-21(25)16-3-2-4-19(12-16)28(26,27)13-15-5-8-18(24)9-6-15/h2-4,7,10-12,15,18,24H,5-6,8-9,13H2,1H3,(H,23,25). The van der Waals surface area contributed by atoms with Crippen LogP contribution in [0.3, 0.4) is 0 Å². The van der Waals surface area contributed by atoms with Crippen molar-refractivity contribution in [3.05, 3.63) is 59.4 Å². The molecule has 1 aliphatic carbocycles. The monoisotopic (exact) mass is 405 g/mol. The number of sulfone groups is 1. The number of carbonyl (C=O) groups is 1. The van der Waals surface area contributed by atoms with Crippen molar-refractivity contribution < 1.29 is 22.7 Å². The lowest BCUT2D eigenvalue weighted by atomic mass is 9.89. The smallest absolute Gasteiger partial charge is 0.255 e. The maximum atomic E-state index is 13.4. The largest absolute Gasteiger partial charge is 0.393 e. The minimum Gasteiger partial charge on any atom is -0.393 e. The number of halogens is 1.